The third kappa shape index (κ3) is 2.24. The molecule has 92 valence electrons. The normalized spacial score (nSPS) is 10.1. The van der Waals surface area contributed by atoms with Gasteiger partial charge in [0.1, 0.15) is 5.75 Å². The molecular weight excluding hydrogens is 232 g/mol. The molecule has 0 aliphatic heterocycles. The highest BCUT2D eigenvalue weighted by Gasteiger charge is 2.15. The molecule has 18 heavy (non-hydrogen) atoms. The van der Waals surface area contributed by atoms with Gasteiger partial charge in [-0.15, -0.1) is 0 Å². The Balaban J connectivity index is 2.44. The number of primary amides is 1. The van der Waals surface area contributed by atoms with Crippen molar-refractivity contribution >= 4 is 5.91 Å². The van der Waals surface area contributed by atoms with Crippen molar-refractivity contribution in [3.8, 4) is 17.2 Å². The Bertz CT molecular complexity index is 582. The van der Waals surface area contributed by atoms with Crippen molar-refractivity contribution in [3.05, 3.63) is 47.8 Å². The maximum atomic E-state index is 11.1. The van der Waals surface area contributed by atoms with Crippen LogP contribution in [0, 0.1) is 6.92 Å². The number of amides is 1. The summed E-state index contributed by atoms with van der Waals surface area (Å²) in [6, 6.07) is 6.42. The molecule has 3 N–H and O–H groups in total. The highest BCUT2D eigenvalue weighted by Crippen LogP contribution is 2.36. The van der Waals surface area contributed by atoms with Crippen molar-refractivity contribution in [3.63, 3.8) is 0 Å². The fraction of sp³-hybridized carbons (Fsp3) is 0.0769. The van der Waals surface area contributed by atoms with E-state index in [4.69, 9.17) is 10.5 Å². The Morgan fingerprint density at radius 1 is 1.28 bits per heavy atom. The number of hydrogen-bond acceptors (Lipinski definition) is 4. The Kier molecular flexibility index (Phi) is 3.14. The number of rotatable bonds is 3. The zero-order valence-electron chi connectivity index (χ0n) is 9.75. The van der Waals surface area contributed by atoms with Gasteiger partial charge < -0.3 is 15.6 Å². The first-order valence-corrected chi connectivity index (χ1v) is 5.30. The largest absolute Gasteiger partial charge is 0.504 e. The summed E-state index contributed by atoms with van der Waals surface area (Å²) in [7, 11) is 0. The minimum atomic E-state index is -0.702. The van der Waals surface area contributed by atoms with Crippen LogP contribution in [0.25, 0.3) is 0 Å². The Morgan fingerprint density at radius 2 is 1.94 bits per heavy atom. The van der Waals surface area contributed by atoms with Crippen LogP contribution in [0.5, 0.6) is 17.2 Å². The van der Waals surface area contributed by atoms with Gasteiger partial charge in [-0.1, -0.05) is 6.07 Å². The zero-order valence-corrected chi connectivity index (χ0v) is 9.75. The maximum Gasteiger partial charge on any atom is 0.252 e. The monoisotopic (exact) mass is 244 g/mol. The topological polar surface area (TPSA) is 85.4 Å². The third-order valence-electron chi connectivity index (χ3n) is 2.46. The predicted molar refractivity (Wildman–Crippen MR) is 65.7 cm³/mol. The Labute approximate surface area is 104 Å². The second kappa shape index (κ2) is 4.75. The summed E-state index contributed by atoms with van der Waals surface area (Å²) < 4.78 is 5.53. The summed E-state index contributed by atoms with van der Waals surface area (Å²) >= 11 is 0. The molecule has 2 aromatic rings. The van der Waals surface area contributed by atoms with E-state index in [1.165, 1.54) is 6.07 Å². The van der Waals surface area contributed by atoms with Crippen molar-refractivity contribution in [1.29, 1.82) is 0 Å². The first-order chi connectivity index (χ1) is 8.59. The molecular formula is C13H12N2O3. The summed E-state index contributed by atoms with van der Waals surface area (Å²) in [5.74, 6) is -0.214. The minimum Gasteiger partial charge on any atom is -0.504 e. The number of aromatic nitrogens is 1. The standard InChI is InChI=1S/C13H12N2O3/c1-8-2-3-10(13(14)17)11(16)12(8)18-9-4-6-15-7-5-9/h2-7,16H,1H3,(H2,14,17). The van der Waals surface area contributed by atoms with E-state index in [9.17, 15) is 9.90 Å². The van der Waals surface area contributed by atoms with Crippen LogP contribution in [-0.2, 0) is 0 Å². The average Bonchev–Trinajstić information content (AvgIpc) is 2.35. The van der Waals surface area contributed by atoms with Gasteiger partial charge in [-0.2, -0.15) is 0 Å². The molecule has 0 aliphatic rings. The first kappa shape index (κ1) is 11.9. The van der Waals surface area contributed by atoms with Gasteiger partial charge >= 0.3 is 0 Å². The smallest absolute Gasteiger partial charge is 0.252 e. The van der Waals surface area contributed by atoms with Crippen LogP contribution in [0.15, 0.2) is 36.7 Å². The summed E-state index contributed by atoms with van der Waals surface area (Å²) in [5.41, 5.74) is 5.90. The highest BCUT2D eigenvalue weighted by molar-refractivity contribution is 5.96. The summed E-state index contributed by atoms with van der Waals surface area (Å²) in [5, 5.41) is 9.96. The molecule has 2 rings (SSSR count). The quantitative estimate of drug-likeness (QED) is 0.864. The summed E-state index contributed by atoms with van der Waals surface area (Å²) in [6.45, 7) is 1.76. The molecule has 1 amide bonds. The van der Waals surface area contributed by atoms with Crippen LogP contribution in [0.2, 0.25) is 0 Å². The zero-order chi connectivity index (χ0) is 13.1. The van der Waals surface area contributed by atoms with E-state index in [0.717, 1.165) is 0 Å². The molecule has 0 unspecified atom stereocenters. The molecule has 0 fully saturated rings. The van der Waals surface area contributed by atoms with Crippen molar-refractivity contribution in [2.45, 2.75) is 6.92 Å². The number of aromatic hydroxyl groups is 1. The van der Waals surface area contributed by atoms with Crippen LogP contribution in [0.1, 0.15) is 15.9 Å². The number of benzene rings is 1. The third-order valence-corrected chi connectivity index (χ3v) is 2.46. The Morgan fingerprint density at radius 3 is 2.56 bits per heavy atom. The van der Waals surface area contributed by atoms with E-state index in [2.05, 4.69) is 4.98 Å². The lowest BCUT2D eigenvalue weighted by Gasteiger charge is -2.12. The summed E-state index contributed by atoms with van der Waals surface area (Å²) in [4.78, 5) is 15.0. The molecule has 0 bridgehead atoms. The fourth-order valence-electron chi connectivity index (χ4n) is 1.52. The minimum absolute atomic E-state index is 0.0321. The predicted octanol–water partition coefficient (Wildman–Crippen LogP) is 1.99. The van der Waals surface area contributed by atoms with Gasteiger partial charge in [0.05, 0.1) is 5.56 Å². The van der Waals surface area contributed by atoms with Crippen LogP contribution in [0.4, 0.5) is 0 Å². The number of phenols is 1. The molecule has 0 spiro atoms. The number of ether oxygens (including phenoxy) is 1. The number of carbonyl (C=O) groups excluding carboxylic acids is 1. The first-order valence-electron chi connectivity index (χ1n) is 5.30. The Hall–Kier alpha value is -2.56. The number of hydrogen-bond donors (Lipinski definition) is 2. The van der Waals surface area contributed by atoms with E-state index in [0.29, 0.717) is 11.3 Å². The van der Waals surface area contributed by atoms with Gasteiger partial charge in [0.2, 0.25) is 0 Å². The maximum absolute atomic E-state index is 11.1. The van der Waals surface area contributed by atoms with Crippen LogP contribution < -0.4 is 10.5 Å². The van der Waals surface area contributed by atoms with Gasteiger partial charge in [0, 0.05) is 12.4 Å². The molecule has 0 saturated heterocycles. The number of pyridine rings is 1. The van der Waals surface area contributed by atoms with Crippen molar-refractivity contribution in [2.24, 2.45) is 5.73 Å². The highest BCUT2D eigenvalue weighted by atomic mass is 16.5. The van der Waals surface area contributed by atoms with Crippen LogP contribution >= 0.6 is 0 Å². The molecule has 0 atom stereocenters. The average molecular weight is 244 g/mol. The van der Waals surface area contributed by atoms with Gasteiger partial charge in [-0.25, -0.2) is 0 Å². The molecule has 5 nitrogen and oxygen atoms in total. The molecule has 1 heterocycles. The lowest BCUT2D eigenvalue weighted by molar-refractivity contribution is 0.0997. The SMILES string of the molecule is Cc1ccc(C(N)=O)c(O)c1Oc1ccncc1. The van der Waals surface area contributed by atoms with Gasteiger partial charge in [-0.05, 0) is 30.7 Å². The number of nitrogens with two attached hydrogens (primary N) is 1. The van der Waals surface area contributed by atoms with Crippen molar-refractivity contribution < 1.29 is 14.6 Å². The van der Waals surface area contributed by atoms with Gasteiger partial charge in [0.15, 0.2) is 11.5 Å². The fourth-order valence-corrected chi connectivity index (χ4v) is 1.52. The number of carbonyl (C=O) groups is 1. The van der Waals surface area contributed by atoms with Crippen LogP contribution in [0.3, 0.4) is 0 Å². The summed E-state index contributed by atoms with van der Waals surface area (Å²) in [6.07, 6.45) is 3.14. The van der Waals surface area contributed by atoms with Gasteiger partial charge in [-0.3, -0.25) is 9.78 Å². The second-order valence-electron chi connectivity index (χ2n) is 3.76. The van der Waals surface area contributed by atoms with E-state index in [1.54, 1.807) is 37.5 Å². The van der Waals surface area contributed by atoms with E-state index in [-0.39, 0.29) is 17.1 Å². The van der Waals surface area contributed by atoms with Crippen molar-refractivity contribution in [1.82, 2.24) is 4.98 Å². The molecule has 0 saturated carbocycles. The molecule has 0 radical (unpaired) electrons. The molecule has 0 aliphatic carbocycles. The van der Waals surface area contributed by atoms with E-state index in [1.807, 2.05) is 0 Å². The number of nitrogens with zero attached hydrogens (tertiary/aromatic N) is 1. The number of aryl methyl sites for hydroxylation is 1. The van der Waals surface area contributed by atoms with E-state index < -0.39 is 5.91 Å². The lowest BCUT2D eigenvalue weighted by atomic mass is 10.1. The van der Waals surface area contributed by atoms with Gasteiger partial charge in [0.25, 0.3) is 5.91 Å². The van der Waals surface area contributed by atoms with E-state index >= 15 is 0 Å². The lowest BCUT2D eigenvalue weighted by Crippen LogP contribution is -2.11. The van der Waals surface area contributed by atoms with Crippen LogP contribution in [-0.4, -0.2) is 16.0 Å². The second-order valence-corrected chi connectivity index (χ2v) is 3.76. The molecule has 5 heteroatoms. The molecule has 1 aromatic carbocycles. The molecule has 1 aromatic heterocycles. The van der Waals surface area contributed by atoms with Crippen molar-refractivity contribution in [2.75, 3.05) is 0 Å².